The van der Waals surface area contributed by atoms with Crippen LogP contribution in [0.5, 0.6) is 0 Å². The molecule has 3 aromatic carbocycles. The molecule has 1 N–H and O–H groups in total. The van der Waals surface area contributed by atoms with Crippen molar-refractivity contribution in [2.75, 3.05) is 6.54 Å². The molecule has 0 spiro atoms. The molecule has 0 unspecified atom stereocenters. The van der Waals surface area contributed by atoms with Gasteiger partial charge in [-0.1, -0.05) is 72.3 Å². The van der Waals surface area contributed by atoms with E-state index in [9.17, 15) is 13.2 Å². The summed E-state index contributed by atoms with van der Waals surface area (Å²) in [5, 5.41) is 3.38. The van der Waals surface area contributed by atoms with Gasteiger partial charge in [0.05, 0.1) is 11.4 Å². The Hall–Kier alpha value is -2.67. The maximum absolute atomic E-state index is 13.3. The first-order valence-electron chi connectivity index (χ1n) is 10.5. The van der Waals surface area contributed by atoms with E-state index in [1.807, 2.05) is 55.5 Å². The Bertz CT molecular complexity index is 1100. The molecule has 5 nitrogen and oxygen atoms in total. The minimum Gasteiger partial charge on any atom is -0.352 e. The van der Waals surface area contributed by atoms with Crippen molar-refractivity contribution in [2.45, 2.75) is 37.2 Å². The second kappa shape index (κ2) is 11.3. The van der Waals surface area contributed by atoms with Gasteiger partial charge in [-0.3, -0.25) is 4.79 Å². The molecule has 168 valence electrons. The van der Waals surface area contributed by atoms with E-state index in [0.29, 0.717) is 5.02 Å². The monoisotopic (exact) mass is 470 g/mol. The Balaban J connectivity index is 1.70. The van der Waals surface area contributed by atoms with Gasteiger partial charge in [0.2, 0.25) is 15.9 Å². The van der Waals surface area contributed by atoms with Crippen LogP contribution in [0.15, 0.2) is 89.8 Å². The molecule has 0 saturated heterocycles. The van der Waals surface area contributed by atoms with Crippen LogP contribution in [0.4, 0.5) is 0 Å². The van der Waals surface area contributed by atoms with E-state index in [1.54, 1.807) is 0 Å². The highest BCUT2D eigenvalue weighted by Gasteiger charge is 2.27. The van der Waals surface area contributed by atoms with Crippen molar-refractivity contribution in [3.63, 3.8) is 0 Å². The molecule has 0 saturated carbocycles. The average Bonchev–Trinajstić information content (AvgIpc) is 2.79. The lowest BCUT2D eigenvalue weighted by Crippen LogP contribution is -2.43. The van der Waals surface area contributed by atoms with Gasteiger partial charge in [0.1, 0.15) is 0 Å². The van der Waals surface area contributed by atoms with E-state index in [4.69, 9.17) is 11.6 Å². The first-order valence-corrected chi connectivity index (χ1v) is 12.3. The predicted molar refractivity (Wildman–Crippen MR) is 128 cm³/mol. The number of hydrogen-bond acceptors (Lipinski definition) is 3. The molecule has 0 aromatic heterocycles. The van der Waals surface area contributed by atoms with Gasteiger partial charge in [-0.05, 0) is 55.2 Å². The van der Waals surface area contributed by atoms with Crippen LogP contribution in [0.1, 0.15) is 24.5 Å². The van der Waals surface area contributed by atoms with E-state index in [-0.39, 0.29) is 29.9 Å². The van der Waals surface area contributed by atoms with Crippen molar-refractivity contribution in [1.29, 1.82) is 0 Å². The Morgan fingerprint density at radius 1 is 0.906 bits per heavy atom. The fourth-order valence-corrected chi connectivity index (χ4v) is 4.86. The van der Waals surface area contributed by atoms with E-state index in [0.717, 1.165) is 18.4 Å². The summed E-state index contributed by atoms with van der Waals surface area (Å²) in [6.07, 6.45) is 1.59. The topological polar surface area (TPSA) is 66.5 Å². The number of sulfonamides is 1. The van der Waals surface area contributed by atoms with Crippen LogP contribution >= 0.6 is 11.6 Å². The summed E-state index contributed by atoms with van der Waals surface area (Å²) in [5.41, 5.74) is 2.00. The molecule has 0 aliphatic rings. The number of rotatable bonds is 10. The summed E-state index contributed by atoms with van der Waals surface area (Å²) < 4.78 is 27.8. The lowest BCUT2D eigenvalue weighted by molar-refractivity contribution is -0.122. The fraction of sp³-hybridized carbons (Fsp3) is 0.240. The van der Waals surface area contributed by atoms with Crippen molar-refractivity contribution < 1.29 is 13.2 Å². The number of benzene rings is 3. The van der Waals surface area contributed by atoms with Gasteiger partial charge in [0.15, 0.2) is 0 Å². The first kappa shape index (κ1) is 24.0. The summed E-state index contributed by atoms with van der Waals surface area (Å²) in [6.45, 7) is 1.75. The molecule has 0 aliphatic carbocycles. The van der Waals surface area contributed by atoms with Crippen LogP contribution in [0.3, 0.4) is 0 Å². The SMILES string of the molecule is C[C@@H](CCc1ccccc1)NC(=O)CN(Cc1ccccc1)S(=O)(=O)c1ccc(Cl)cc1. The zero-order valence-electron chi connectivity index (χ0n) is 17.9. The molecule has 0 aliphatic heterocycles. The van der Waals surface area contributed by atoms with Gasteiger partial charge in [-0.15, -0.1) is 0 Å². The van der Waals surface area contributed by atoms with Gasteiger partial charge in [-0.25, -0.2) is 8.42 Å². The number of carbonyl (C=O) groups excluding carboxylic acids is 1. The minimum atomic E-state index is -3.89. The Morgan fingerprint density at radius 2 is 1.47 bits per heavy atom. The Kier molecular flexibility index (Phi) is 8.45. The van der Waals surface area contributed by atoms with Gasteiger partial charge in [-0.2, -0.15) is 4.31 Å². The van der Waals surface area contributed by atoms with Crippen LogP contribution in [0.2, 0.25) is 5.02 Å². The molecule has 1 amide bonds. The lowest BCUT2D eigenvalue weighted by Gasteiger charge is -2.23. The molecule has 0 radical (unpaired) electrons. The number of aryl methyl sites for hydroxylation is 1. The summed E-state index contributed by atoms with van der Waals surface area (Å²) in [4.78, 5) is 12.9. The van der Waals surface area contributed by atoms with Crippen molar-refractivity contribution in [1.82, 2.24) is 9.62 Å². The molecule has 3 aromatic rings. The van der Waals surface area contributed by atoms with Crippen LogP contribution in [0.25, 0.3) is 0 Å². The molecule has 32 heavy (non-hydrogen) atoms. The Morgan fingerprint density at radius 3 is 2.06 bits per heavy atom. The fourth-order valence-electron chi connectivity index (χ4n) is 3.35. The maximum Gasteiger partial charge on any atom is 0.243 e. The zero-order chi connectivity index (χ0) is 23.0. The van der Waals surface area contributed by atoms with Crippen molar-refractivity contribution in [3.8, 4) is 0 Å². The summed E-state index contributed by atoms with van der Waals surface area (Å²) in [7, 11) is -3.89. The molecular weight excluding hydrogens is 444 g/mol. The number of halogens is 1. The third-order valence-corrected chi connectivity index (χ3v) is 7.15. The summed E-state index contributed by atoms with van der Waals surface area (Å²) >= 11 is 5.91. The molecule has 7 heteroatoms. The van der Waals surface area contributed by atoms with E-state index >= 15 is 0 Å². The van der Waals surface area contributed by atoms with E-state index in [2.05, 4.69) is 17.4 Å². The summed E-state index contributed by atoms with van der Waals surface area (Å²) in [5.74, 6) is -0.334. The van der Waals surface area contributed by atoms with Crippen molar-refractivity contribution in [2.24, 2.45) is 0 Å². The second-order valence-electron chi connectivity index (χ2n) is 7.71. The van der Waals surface area contributed by atoms with Gasteiger partial charge >= 0.3 is 0 Å². The largest absolute Gasteiger partial charge is 0.352 e. The molecule has 0 bridgehead atoms. The highest BCUT2D eigenvalue weighted by molar-refractivity contribution is 7.89. The van der Waals surface area contributed by atoms with Gasteiger partial charge in [0.25, 0.3) is 0 Å². The van der Waals surface area contributed by atoms with E-state index < -0.39 is 10.0 Å². The minimum absolute atomic E-state index is 0.0838. The third kappa shape index (κ3) is 6.92. The second-order valence-corrected chi connectivity index (χ2v) is 10.1. The molecular formula is C25H27ClN2O3S. The highest BCUT2D eigenvalue weighted by Crippen LogP contribution is 2.20. The first-order chi connectivity index (χ1) is 15.3. The van der Waals surface area contributed by atoms with Gasteiger partial charge in [0, 0.05) is 17.6 Å². The highest BCUT2D eigenvalue weighted by atomic mass is 35.5. The molecule has 3 rings (SSSR count). The van der Waals surface area contributed by atoms with Crippen LogP contribution in [0, 0.1) is 0 Å². The maximum atomic E-state index is 13.3. The lowest BCUT2D eigenvalue weighted by atomic mass is 10.1. The van der Waals surface area contributed by atoms with Crippen molar-refractivity contribution >= 4 is 27.5 Å². The standard InChI is InChI=1S/C25H27ClN2O3S/c1-20(12-13-21-8-4-2-5-9-21)27-25(29)19-28(18-22-10-6-3-7-11-22)32(30,31)24-16-14-23(26)15-17-24/h2-11,14-17,20H,12-13,18-19H2,1H3,(H,27,29)/t20-/m0/s1. The molecule has 0 fully saturated rings. The van der Waals surface area contributed by atoms with Crippen molar-refractivity contribution in [3.05, 3.63) is 101 Å². The number of hydrogen-bond donors (Lipinski definition) is 1. The van der Waals surface area contributed by atoms with Crippen LogP contribution in [-0.2, 0) is 27.8 Å². The third-order valence-electron chi connectivity index (χ3n) is 5.09. The molecule has 1 atom stereocenters. The number of nitrogens with one attached hydrogen (secondary N) is 1. The van der Waals surface area contributed by atoms with Gasteiger partial charge < -0.3 is 5.32 Å². The number of nitrogens with zero attached hydrogens (tertiary/aromatic N) is 1. The van der Waals surface area contributed by atoms with Crippen LogP contribution in [-0.4, -0.2) is 31.2 Å². The molecule has 0 heterocycles. The smallest absolute Gasteiger partial charge is 0.243 e. The number of amides is 1. The number of carbonyl (C=O) groups is 1. The van der Waals surface area contributed by atoms with E-state index in [1.165, 1.54) is 34.1 Å². The Labute approximate surface area is 195 Å². The predicted octanol–water partition coefficient (Wildman–Crippen LogP) is 4.67. The average molecular weight is 471 g/mol. The van der Waals surface area contributed by atoms with Crippen LogP contribution < -0.4 is 5.32 Å². The normalized spacial score (nSPS) is 12.5. The summed E-state index contributed by atoms with van der Waals surface area (Å²) in [6, 6.07) is 25.2. The zero-order valence-corrected chi connectivity index (χ0v) is 19.5. The quantitative estimate of drug-likeness (QED) is 0.468.